The molecule has 6 rings (SSSR count). The van der Waals surface area contributed by atoms with Crippen molar-refractivity contribution < 1.29 is 28.5 Å². The normalized spacial score (nSPS) is 34.9. The van der Waals surface area contributed by atoms with E-state index in [1.165, 1.54) is 5.57 Å². The van der Waals surface area contributed by atoms with E-state index < -0.39 is 11.2 Å². The van der Waals surface area contributed by atoms with E-state index in [1.54, 1.807) is 6.07 Å². The molecule has 1 saturated carbocycles. The maximum atomic E-state index is 13.1. The molecule has 0 unspecified atom stereocenters. The van der Waals surface area contributed by atoms with E-state index >= 15 is 0 Å². The minimum atomic E-state index is -0.858. The van der Waals surface area contributed by atoms with Crippen molar-refractivity contribution in [3.8, 4) is 11.5 Å². The molecule has 1 saturated heterocycles. The van der Waals surface area contributed by atoms with Crippen LogP contribution in [0, 0.1) is 0 Å². The minimum Gasteiger partial charge on any atom is -0.454 e. The highest BCUT2D eigenvalue weighted by Crippen LogP contribution is 2.70. The number of likely N-dealkylation sites (N-methyl/N-ethyl adjacent to an activating group) is 1. The number of ether oxygens (including phenoxy) is 4. The second-order valence-corrected chi connectivity index (χ2v) is 9.09. The molecular formula is C23H25NO6. The molecule has 4 atom stereocenters. The van der Waals surface area contributed by atoms with Crippen LogP contribution in [0.3, 0.4) is 0 Å². The topological polar surface area (TPSA) is 74.3 Å². The molecule has 0 radical (unpaired) electrons. The molecule has 0 aromatic heterocycles. The Morgan fingerprint density at radius 2 is 2.10 bits per heavy atom. The third kappa shape index (κ3) is 2.24. The fourth-order valence-electron chi connectivity index (χ4n) is 5.90. The largest absolute Gasteiger partial charge is 0.454 e. The van der Waals surface area contributed by atoms with E-state index in [2.05, 4.69) is 18.0 Å². The van der Waals surface area contributed by atoms with Crippen LogP contribution < -0.4 is 9.47 Å². The van der Waals surface area contributed by atoms with Crippen molar-refractivity contribution in [2.45, 2.75) is 62.2 Å². The molecule has 0 bridgehead atoms. The lowest BCUT2D eigenvalue weighted by Crippen LogP contribution is -2.52. The lowest BCUT2D eigenvalue weighted by molar-refractivity contribution is -0.154. The quantitative estimate of drug-likeness (QED) is 0.557. The molecule has 158 valence electrons. The van der Waals surface area contributed by atoms with Gasteiger partial charge in [0.15, 0.2) is 22.7 Å². The minimum absolute atomic E-state index is 0.105. The number of carbonyl (C=O) groups is 2. The molecule has 30 heavy (non-hydrogen) atoms. The Labute approximate surface area is 174 Å². The van der Waals surface area contributed by atoms with Gasteiger partial charge in [-0.3, -0.25) is 9.69 Å². The summed E-state index contributed by atoms with van der Waals surface area (Å²) in [5.41, 5.74) is 0.990. The number of benzene rings is 1. The SMILES string of the molecule is CCCCC(=O)O[C@]12C=C3CCN(C)[C@H]3[C@@H]3c4cc5c(cc4C(=O)O[C@@]31C2)OCO5. The van der Waals surface area contributed by atoms with Gasteiger partial charge in [-0.05, 0) is 43.7 Å². The predicted octanol–water partition coefficient (Wildman–Crippen LogP) is 2.93. The van der Waals surface area contributed by atoms with E-state index in [0.717, 1.165) is 31.4 Å². The predicted molar refractivity (Wildman–Crippen MR) is 106 cm³/mol. The molecule has 2 fully saturated rings. The van der Waals surface area contributed by atoms with Crippen LogP contribution in [0.1, 0.15) is 60.9 Å². The van der Waals surface area contributed by atoms with Gasteiger partial charge in [-0.1, -0.05) is 18.9 Å². The highest BCUT2D eigenvalue weighted by Gasteiger charge is 2.81. The highest BCUT2D eigenvalue weighted by atomic mass is 16.7. The summed E-state index contributed by atoms with van der Waals surface area (Å²) in [6.45, 7) is 3.12. The number of rotatable bonds is 4. The van der Waals surface area contributed by atoms with E-state index in [-0.39, 0.29) is 30.7 Å². The third-order valence-electron chi connectivity index (χ3n) is 7.37. The van der Waals surface area contributed by atoms with Crippen molar-refractivity contribution in [2.24, 2.45) is 0 Å². The van der Waals surface area contributed by atoms with E-state index in [9.17, 15) is 9.59 Å². The molecule has 5 aliphatic rings. The van der Waals surface area contributed by atoms with Crippen LogP contribution in [-0.2, 0) is 14.3 Å². The first-order chi connectivity index (χ1) is 14.5. The van der Waals surface area contributed by atoms with Crippen LogP contribution in [0.2, 0.25) is 0 Å². The molecule has 1 aromatic rings. The Morgan fingerprint density at radius 3 is 2.90 bits per heavy atom. The number of hydrogen-bond acceptors (Lipinski definition) is 7. The molecule has 1 spiro atoms. The lowest BCUT2D eigenvalue weighted by Gasteiger charge is -2.44. The van der Waals surface area contributed by atoms with Gasteiger partial charge in [-0.25, -0.2) is 4.79 Å². The van der Waals surface area contributed by atoms with Crippen LogP contribution in [0.4, 0.5) is 0 Å². The highest BCUT2D eigenvalue weighted by molar-refractivity contribution is 5.95. The Balaban J connectivity index is 1.47. The van der Waals surface area contributed by atoms with E-state index in [4.69, 9.17) is 18.9 Å². The Bertz CT molecular complexity index is 1000. The maximum Gasteiger partial charge on any atom is 0.339 e. The smallest absolute Gasteiger partial charge is 0.339 e. The van der Waals surface area contributed by atoms with Crippen LogP contribution in [0.25, 0.3) is 0 Å². The van der Waals surface area contributed by atoms with Gasteiger partial charge in [0.05, 0.1) is 5.56 Å². The summed E-state index contributed by atoms with van der Waals surface area (Å²) >= 11 is 0. The molecule has 7 nitrogen and oxygen atoms in total. The van der Waals surface area contributed by atoms with Gasteiger partial charge < -0.3 is 18.9 Å². The van der Waals surface area contributed by atoms with Crippen molar-refractivity contribution >= 4 is 11.9 Å². The Kier molecular flexibility index (Phi) is 3.65. The number of fused-ring (bicyclic) bond motifs is 5. The van der Waals surface area contributed by atoms with Crippen LogP contribution in [0.15, 0.2) is 23.8 Å². The van der Waals surface area contributed by atoms with Gasteiger partial charge in [0.1, 0.15) is 0 Å². The summed E-state index contributed by atoms with van der Waals surface area (Å²) < 4.78 is 23.3. The molecule has 7 heteroatoms. The summed E-state index contributed by atoms with van der Waals surface area (Å²) in [7, 11) is 2.10. The fourth-order valence-corrected chi connectivity index (χ4v) is 5.90. The van der Waals surface area contributed by atoms with Crippen molar-refractivity contribution in [1.82, 2.24) is 4.90 Å². The number of esters is 2. The Hall–Kier alpha value is -2.54. The van der Waals surface area contributed by atoms with E-state index in [1.807, 2.05) is 13.0 Å². The molecule has 0 amide bonds. The molecule has 3 aliphatic heterocycles. The molecule has 2 aliphatic carbocycles. The number of unbranched alkanes of at least 4 members (excludes halogenated alkanes) is 1. The summed E-state index contributed by atoms with van der Waals surface area (Å²) in [4.78, 5) is 27.9. The van der Waals surface area contributed by atoms with E-state index in [0.29, 0.717) is 29.9 Å². The fraction of sp³-hybridized carbons (Fsp3) is 0.565. The van der Waals surface area contributed by atoms with Gasteiger partial charge in [-0.15, -0.1) is 0 Å². The first kappa shape index (κ1) is 18.2. The Morgan fingerprint density at radius 1 is 1.30 bits per heavy atom. The van der Waals surface area contributed by atoms with Crippen LogP contribution >= 0.6 is 0 Å². The second kappa shape index (κ2) is 6.00. The average Bonchev–Trinajstić information content (AvgIpc) is 3.00. The zero-order chi connectivity index (χ0) is 20.7. The maximum absolute atomic E-state index is 13.1. The molecule has 1 aromatic carbocycles. The second-order valence-electron chi connectivity index (χ2n) is 9.09. The van der Waals surface area contributed by atoms with Crippen LogP contribution in [0.5, 0.6) is 11.5 Å². The number of carbonyl (C=O) groups excluding carboxylic acids is 2. The molecular weight excluding hydrogens is 386 g/mol. The summed E-state index contributed by atoms with van der Waals surface area (Å²) in [5, 5.41) is 0. The van der Waals surface area contributed by atoms with Crippen molar-refractivity contribution in [3.05, 3.63) is 34.9 Å². The summed E-state index contributed by atoms with van der Waals surface area (Å²) in [5.74, 6) is 0.513. The first-order valence-electron chi connectivity index (χ1n) is 10.8. The number of hydrogen-bond donors (Lipinski definition) is 0. The molecule has 0 N–H and O–H groups in total. The van der Waals surface area contributed by atoms with Crippen molar-refractivity contribution in [1.29, 1.82) is 0 Å². The number of nitrogens with zero attached hydrogens (tertiary/aromatic N) is 1. The third-order valence-corrected chi connectivity index (χ3v) is 7.37. The van der Waals surface area contributed by atoms with Gasteiger partial charge in [0, 0.05) is 31.3 Å². The number of likely N-dealkylation sites (tertiary alicyclic amines) is 1. The average molecular weight is 411 g/mol. The summed E-state index contributed by atoms with van der Waals surface area (Å²) in [6, 6.07) is 3.78. The summed E-state index contributed by atoms with van der Waals surface area (Å²) in [6.07, 6.45) is 5.63. The van der Waals surface area contributed by atoms with Gasteiger partial charge in [0.25, 0.3) is 0 Å². The monoisotopic (exact) mass is 411 g/mol. The lowest BCUT2D eigenvalue weighted by atomic mass is 9.73. The van der Waals surface area contributed by atoms with Gasteiger partial charge >= 0.3 is 11.9 Å². The zero-order valence-corrected chi connectivity index (χ0v) is 17.2. The zero-order valence-electron chi connectivity index (χ0n) is 17.2. The van der Waals surface area contributed by atoms with Crippen molar-refractivity contribution in [2.75, 3.05) is 20.4 Å². The molecule has 3 heterocycles. The van der Waals surface area contributed by atoms with Gasteiger partial charge in [-0.2, -0.15) is 0 Å². The van der Waals surface area contributed by atoms with Crippen molar-refractivity contribution in [3.63, 3.8) is 0 Å². The standard InChI is InChI=1S/C23H25NO6/c1-3-4-5-18(25)29-22-10-13-6-7-24(2)20(13)19-14-8-16-17(28-12-27-16)9-15(14)21(26)30-23(19,22)11-22/h8-10,19-20H,3-7,11-12H2,1-2H3/t19-,20+,22-,23-/m0/s1. The first-order valence-corrected chi connectivity index (χ1v) is 10.8. The van der Waals surface area contributed by atoms with Gasteiger partial charge in [0.2, 0.25) is 6.79 Å². The van der Waals surface area contributed by atoms with Crippen LogP contribution in [-0.4, -0.2) is 54.5 Å².